The molecule has 0 fully saturated rings. The minimum Gasteiger partial charge on any atom is -0.481 e. The molecule has 0 spiro atoms. The van der Waals surface area contributed by atoms with Crippen LogP contribution >= 0.6 is 0 Å². The summed E-state index contributed by atoms with van der Waals surface area (Å²) in [7, 11) is 0. The zero-order chi connectivity index (χ0) is 10.1. The molecule has 0 aliphatic carbocycles. The second-order valence-electron chi connectivity index (χ2n) is 3.57. The first kappa shape index (κ1) is 9.18. The number of rotatable bonds is 2. The van der Waals surface area contributed by atoms with Gasteiger partial charge >= 0.3 is 5.97 Å². The molecule has 1 aromatic heterocycles. The van der Waals surface area contributed by atoms with Gasteiger partial charge in [0.05, 0.1) is 5.92 Å². The van der Waals surface area contributed by atoms with Crippen molar-refractivity contribution in [1.82, 2.24) is 14.8 Å². The van der Waals surface area contributed by atoms with Gasteiger partial charge in [-0.05, 0) is 6.42 Å². The van der Waals surface area contributed by atoms with E-state index in [1.807, 2.05) is 11.5 Å². The maximum absolute atomic E-state index is 10.8. The molecule has 0 saturated carbocycles. The molecule has 2 heterocycles. The van der Waals surface area contributed by atoms with Gasteiger partial charge in [-0.1, -0.05) is 6.92 Å². The van der Waals surface area contributed by atoms with Crippen LogP contribution in [0, 0.1) is 5.92 Å². The number of carbonyl (C=O) groups is 1. The van der Waals surface area contributed by atoms with Gasteiger partial charge in [-0.3, -0.25) is 4.79 Å². The molecule has 1 aliphatic heterocycles. The van der Waals surface area contributed by atoms with Crippen molar-refractivity contribution in [2.24, 2.45) is 5.92 Å². The molecule has 1 N–H and O–H groups in total. The first-order chi connectivity index (χ1) is 6.72. The van der Waals surface area contributed by atoms with Crippen LogP contribution in [0.2, 0.25) is 0 Å². The van der Waals surface area contributed by atoms with Crippen molar-refractivity contribution in [3.63, 3.8) is 0 Å². The van der Waals surface area contributed by atoms with Gasteiger partial charge < -0.3 is 9.67 Å². The van der Waals surface area contributed by atoms with Crippen LogP contribution in [0.25, 0.3) is 0 Å². The van der Waals surface area contributed by atoms with Gasteiger partial charge in [-0.2, -0.15) is 0 Å². The van der Waals surface area contributed by atoms with Crippen molar-refractivity contribution < 1.29 is 9.90 Å². The molecule has 5 nitrogen and oxygen atoms in total. The minimum absolute atomic E-state index is 0.274. The van der Waals surface area contributed by atoms with E-state index in [-0.39, 0.29) is 5.92 Å². The summed E-state index contributed by atoms with van der Waals surface area (Å²) in [6, 6.07) is 0. The SMILES string of the molecule is CCc1nnc2n1CC(C(=O)O)CC2. The van der Waals surface area contributed by atoms with Crippen LogP contribution in [0.1, 0.15) is 25.0 Å². The summed E-state index contributed by atoms with van der Waals surface area (Å²) in [5, 5.41) is 17.0. The molecule has 0 amide bonds. The first-order valence-corrected chi connectivity index (χ1v) is 4.86. The maximum Gasteiger partial charge on any atom is 0.308 e. The summed E-state index contributed by atoms with van der Waals surface area (Å²) < 4.78 is 1.95. The monoisotopic (exact) mass is 195 g/mol. The number of nitrogens with zero attached hydrogens (tertiary/aromatic N) is 3. The summed E-state index contributed by atoms with van der Waals surface area (Å²) in [5.74, 6) is 0.834. The Balaban J connectivity index is 2.27. The van der Waals surface area contributed by atoms with E-state index in [9.17, 15) is 4.79 Å². The van der Waals surface area contributed by atoms with E-state index in [4.69, 9.17) is 5.11 Å². The summed E-state index contributed by atoms with van der Waals surface area (Å²) in [6.07, 6.45) is 2.21. The third-order valence-corrected chi connectivity index (χ3v) is 2.69. The molecule has 2 rings (SSSR count). The smallest absolute Gasteiger partial charge is 0.308 e. The van der Waals surface area contributed by atoms with Crippen molar-refractivity contribution >= 4 is 5.97 Å². The fourth-order valence-electron chi connectivity index (χ4n) is 1.85. The molecule has 5 heteroatoms. The Morgan fingerprint density at radius 3 is 3.07 bits per heavy atom. The molecule has 1 atom stereocenters. The highest BCUT2D eigenvalue weighted by Gasteiger charge is 2.26. The van der Waals surface area contributed by atoms with Crippen LogP contribution in [0.4, 0.5) is 0 Å². The molecule has 0 bridgehead atoms. The molecule has 1 unspecified atom stereocenters. The highest BCUT2D eigenvalue weighted by atomic mass is 16.4. The predicted octanol–water partition coefficient (Wildman–Crippen LogP) is 0.487. The van der Waals surface area contributed by atoms with Crippen molar-refractivity contribution in [3.05, 3.63) is 11.6 Å². The normalized spacial score (nSPS) is 20.5. The number of hydrogen-bond donors (Lipinski definition) is 1. The number of hydrogen-bond acceptors (Lipinski definition) is 3. The van der Waals surface area contributed by atoms with Gasteiger partial charge in [0.15, 0.2) is 0 Å². The number of aliphatic carboxylic acids is 1. The van der Waals surface area contributed by atoms with E-state index in [1.165, 1.54) is 0 Å². The van der Waals surface area contributed by atoms with Crippen molar-refractivity contribution in [2.75, 3.05) is 0 Å². The zero-order valence-electron chi connectivity index (χ0n) is 8.10. The second-order valence-corrected chi connectivity index (χ2v) is 3.57. The maximum atomic E-state index is 10.8. The summed E-state index contributed by atoms with van der Waals surface area (Å²) >= 11 is 0. The lowest BCUT2D eigenvalue weighted by molar-refractivity contribution is -0.142. The number of aryl methyl sites for hydroxylation is 2. The topological polar surface area (TPSA) is 68.0 Å². The molecule has 1 aromatic rings. The average Bonchev–Trinajstić information content (AvgIpc) is 2.59. The fourth-order valence-corrected chi connectivity index (χ4v) is 1.85. The van der Waals surface area contributed by atoms with E-state index in [0.717, 1.165) is 24.5 Å². The Labute approximate surface area is 81.8 Å². The van der Waals surface area contributed by atoms with Crippen LogP contribution in [0.15, 0.2) is 0 Å². The lowest BCUT2D eigenvalue weighted by Crippen LogP contribution is -2.27. The highest BCUT2D eigenvalue weighted by molar-refractivity contribution is 5.70. The van der Waals surface area contributed by atoms with Crippen molar-refractivity contribution in [3.8, 4) is 0 Å². The number of aromatic nitrogens is 3. The number of fused-ring (bicyclic) bond motifs is 1. The largest absolute Gasteiger partial charge is 0.481 e. The molecular formula is C9H13N3O2. The standard InChI is InChI=1S/C9H13N3O2/c1-2-7-10-11-8-4-3-6(9(13)14)5-12(7)8/h6H,2-5H2,1H3,(H,13,14). The molecule has 0 saturated heterocycles. The lowest BCUT2D eigenvalue weighted by Gasteiger charge is -2.20. The molecule has 76 valence electrons. The van der Waals surface area contributed by atoms with E-state index < -0.39 is 5.97 Å². The minimum atomic E-state index is -0.716. The van der Waals surface area contributed by atoms with Gasteiger partial charge in [0.25, 0.3) is 0 Å². The molecule has 1 aliphatic rings. The number of carboxylic acid groups (broad SMARTS) is 1. The molecular weight excluding hydrogens is 182 g/mol. The molecule has 14 heavy (non-hydrogen) atoms. The van der Waals surface area contributed by atoms with E-state index in [1.54, 1.807) is 0 Å². The first-order valence-electron chi connectivity index (χ1n) is 4.86. The quantitative estimate of drug-likeness (QED) is 0.745. The predicted molar refractivity (Wildman–Crippen MR) is 48.8 cm³/mol. The highest BCUT2D eigenvalue weighted by Crippen LogP contribution is 2.20. The Morgan fingerprint density at radius 2 is 2.43 bits per heavy atom. The summed E-state index contributed by atoms with van der Waals surface area (Å²) in [5.41, 5.74) is 0. The van der Waals surface area contributed by atoms with Crippen LogP contribution < -0.4 is 0 Å². The van der Waals surface area contributed by atoms with Crippen LogP contribution in [0.3, 0.4) is 0 Å². The summed E-state index contributed by atoms with van der Waals surface area (Å²) in [4.78, 5) is 10.8. The Kier molecular flexibility index (Phi) is 2.23. The molecule has 0 aromatic carbocycles. The number of carboxylic acids is 1. The van der Waals surface area contributed by atoms with Gasteiger partial charge in [0.2, 0.25) is 0 Å². The third kappa shape index (κ3) is 1.38. The lowest BCUT2D eigenvalue weighted by atomic mass is 9.99. The van der Waals surface area contributed by atoms with Gasteiger partial charge in [0, 0.05) is 19.4 Å². The Morgan fingerprint density at radius 1 is 1.64 bits per heavy atom. The van der Waals surface area contributed by atoms with E-state index in [0.29, 0.717) is 13.0 Å². The second kappa shape index (κ2) is 3.40. The average molecular weight is 195 g/mol. The van der Waals surface area contributed by atoms with Crippen LogP contribution in [-0.2, 0) is 24.2 Å². The third-order valence-electron chi connectivity index (χ3n) is 2.69. The van der Waals surface area contributed by atoms with Crippen molar-refractivity contribution in [1.29, 1.82) is 0 Å². The van der Waals surface area contributed by atoms with Gasteiger partial charge in [0.1, 0.15) is 11.6 Å². The van der Waals surface area contributed by atoms with Crippen LogP contribution in [0.5, 0.6) is 0 Å². The Bertz CT molecular complexity index is 345. The van der Waals surface area contributed by atoms with Gasteiger partial charge in [-0.15, -0.1) is 10.2 Å². The van der Waals surface area contributed by atoms with Crippen molar-refractivity contribution in [2.45, 2.75) is 32.7 Å². The fraction of sp³-hybridized carbons (Fsp3) is 0.667. The summed E-state index contributed by atoms with van der Waals surface area (Å²) in [6.45, 7) is 2.53. The van der Waals surface area contributed by atoms with Gasteiger partial charge in [-0.25, -0.2) is 0 Å². The zero-order valence-corrected chi connectivity index (χ0v) is 8.10. The van der Waals surface area contributed by atoms with Crippen LogP contribution in [-0.4, -0.2) is 25.8 Å². The molecule has 0 radical (unpaired) electrons. The van der Waals surface area contributed by atoms with E-state index >= 15 is 0 Å². The Hall–Kier alpha value is -1.39. The van der Waals surface area contributed by atoms with E-state index in [2.05, 4.69) is 10.2 Å².